The second-order valence-corrected chi connectivity index (χ2v) is 4.28. The number of ether oxygens (including phenoxy) is 1. The van der Waals surface area contributed by atoms with Gasteiger partial charge in [-0.05, 0) is 24.5 Å². The summed E-state index contributed by atoms with van der Waals surface area (Å²) in [6.07, 6.45) is 1.50. The largest absolute Gasteiger partial charge is 0.489 e. The SMILES string of the molecule is NC/C(=C\F)COc1ccc2c(c1)NC(O)CC2. The van der Waals surface area contributed by atoms with E-state index in [2.05, 4.69) is 5.32 Å². The predicted molar refractivity (Wildman–Crippen MR) is 68.1 cm³/mol. The lowest BCUT2D eigenvalue weighted by Gasteiger charge is -2.23. The zero-order chi connectivity index (χ0) is 13.0. The number of anilines is 1. The molecule has 4 nitrogen and oxygen atoms in total. The summed E-state index contributed by atoms with van der Waals surface area (Å²) >= 11 is 0. The summed E-state index contributed by atoms with van der Waals surface area (Å²) in [4.78, 5) is 0. The van der Waals surface area contributed by atoms with Gasteiger partial charge in [-0.15, -0.1) is 0 Å². The van der Waals surface area contributed by atoms with Crippen LogP contribution in [0.1, 0.15) is 12.0 Å². The van der Waals surface area contributed by atoms with Crippen LogP contribution < -0.4 is 15.8 Å². The number of hydrogen-bond donors (Lipinski definition) is 3. The molecule has 0 fully saturated rings. The van der Waals surface area contributed by atoms with E-state index in [1.165, 1.54) is 0 Å². The maximum Gasteiger partial charge on any atom is 0.124 e. The van der Waals surface area contributed by atoms with E-state index in [9.17, 15) is 9.50 Å². The Bertz CT molecular complexity index is 449. The highest BCUT2D eigenvalue weighted by Gasteiger charge is 2.15. The molecule has 0 aromatic heterocycles. The highest BCUT2D eigenvalue weighted by atomic mass is 19.1. The van der Waals surface area contributed by atoms with E-state index < -0.39 is 6.23 Å². The molecule has 2 rings (SSSR count). The van der Waals surface area contributed by atoms with Crippen LogP contribution in [0.4, 0.5) is 10.1 Å². The van der Waals surface area contributed by atoms with Gasteiger partial charge in [-0.1, -0.05) is 6.07 Å². The minimum Gasteiger partial charge on any atom is -0.489 e. The van der Waals surface area contributed by atoms with Gasteiger partial charge in [-0.3, -0.25) is 0 Å². The molecule has 0 amide bonds. The number of aliphatic hydroxyl groups excluding tert-OH is 1. The van der Waals surface area contributed by atoms with Crippen molar-refractivity contribution in [1.82, 2.24) is 0 Å². The van der Waals surface area contributed by atoms with E-state index in [0.29, 0.717) is 24.1 Å². The lowest BCUT2D eigenvalue weighted by Crippen LogP contribution is -2.24. The van der Waals surface area contributed by atoms with Crippen molar-refractivity contribution in [2.45, 2.75) is 19.1 Å². The van der Waals surface area contributed by atoms with Gasteiger partial charge in [0.2, 0.25) is 0 Å². The Kier molecular flexibility index (Phi) is 4.17. The zero-order valence-electron chi connectivity index (χ0n) is 10.0. The highest BCUT2D eigenvalue weighted by molar-refractivity contribution is 5.57. The van der Waals surface area contributed by atoms with E-state index in [1.54, 1.807) is 0 Å². The number of nitrogens with two attached hydrogens (primary N) is 1. The summed E-state index contributed by atoms with van der Waals surface area (Å²) in [6.45, 7) is 0.271. The summed E-state index contributed by atoms with van der Waals surface area (Å²) in [7, 11) is 0. The number of nitrogens with one attached hydrogen (secondary N) is 1. The standard InChI is InChI=1S/C13H17FN2O2/c14-6-9(7-15)8-18-11-3-1-10-2-4-13(17)16-12(10)5-11/h1,3,5-6,13,16-17H,2,4,7-8,15H2/b9-6+. The summed E-state index contributed by atoms with van der Waals surface area (Å²) < 4.78 is 17.8. The molecule has 1 unspecified atom stereocenters. The van der Waals surface area contributed by atoms with Crippen LogP contribution in [0.5, 0.6) is 5.75 Å². The molecule has 1 aliphatic rings. The number of aliphatic hydroxyl groups is 1. The molecular formula is C13H17FN2O2. The number of halogens is 1. The maximum atomic E-state index is 12.3. The molecule has 0 radical (unpaired) electrons. The Morgan fingerprint density at radius 1 is 1.61 bits per heavy atom. The van der Waals surface area contributed by atoms with Gasteiger partial charge in [0.1, 0.15) is 18.6 Å². The van der Waals surface area contributed by atoms with Gasteiger partial charge in [-0.2, -0.15) is 0 Å². The van der Waals surface area contributed by atoms with Crippen molar-refractivity contribution < 1.29 is 14.2 Å². The maximum absolute atomic E-state index is 12.3. The first-order valence-corrected chi connectivity index (χ1v) is 5.91. The van der Waals surface area contributed by atoms with Crippen LogP contribution in [-0.2, 0) is 6.42 Å². The molecule has 4 N–H and O–H groups in total. The lowest BCUT2D eigenvalue weighted by molar-refractivity contribution is 0.189. The normalized spacial score (nSPS) is 19.1. The van der Waals surface area contributed by atoms with Crippen LogP contribution in [0.15, 0.2) is 30.1 Å². The second kappa shape index (κ2) is 5.84. The highest BCUT2D eigenvalue weighted by Crippen LogP contribution is 2.28. The molecule has 5 heteroatoms. The Hall–Kier alpha value is -1.59. The second-order valence-electron chi connectivity index (χ2n) is 4.28. The average molecular weight is 252 g/mol. The number of rotatable bonds is 4. The minimum atomic E-state index is -0.516. The topological polar surface area (TPSA) is 67.5 Å². The molecule has 0 bridgehead atoms. The summed E-state index contributed by atoms with van der Waals surface area (Å²) in [6, 6.07) is 5.60. The lowest BCUT2D eigenvalue weighted by atomic mass is 10.0. The van der Waals surface area contributed by atoms with Gasteiger partial charge < -0.3 is 20.9 Å². The van der Waals surface area contributed by atoms with E-state index >= 15 is 0 Å². The van der Waals surface area contributed by atoms with Crippen molar-refractivity contribution in [2.24, 2.45) is 5.73 Å². The molecule has 0 aliphatic carbocycles. The van der Waals surface area contributed by atoms with Crippen molar-refractivity contribution >= 4 is 5.69 Å². The van der Waals surface area contributed by atoms with Gasteiger partial charge >= 0.3 is 0 Å². The quantitative estimate of drug-likeness (QED) is 0.760. The first-order valence-electron chi connectivity index (χ1n) is 5.91. The Labute approximate surface area is 105 Å². The van der Waals surface area contributed by atoms with Crippen LogP contribution in [0.2, 0.25) is 0 Å². The number of hydrogen-bond acceptors (Lipinski definition) is 4. The van der Waals surface area contributed by atoms with Gasteiger partial charge in [0.05, 0.1) is 6.33 Å². The Balaban J connectivity index is 2.04. The van der Waals surface area contributed by atoms with Gasteiger partial charge in [0.25, 0.3) is 0 Å². The zero-order valence-corrected chi connectivity index (χ0v) is 10.0. The van der Waals surface area contributed by atoms with Crippen LogP contribution >= 0.6 is 0 Å². The van der Waals surface area contributed by atoms with E-state index in [1.807, 2.05) is 18.2 Å². The summed E-state index contributed by atoms with van der Waals surface area (Å²) in [5.74, 6) is 0.628. The third-order valence-electron chi connectivity index (χ3n) is 2.93. The Morgan fingerprint density at radius 3 is 3.17 bits per heavy atom. The molecule has 1 aromatic rings. The monoisotopic (exact) mass is 252 g/mol. The molecule has 1 atom stereocenters. The van der Waals surface area contributed by atoms with Crippen molar-refractivity contribution in [1.29, 1.82) is 0 Å². The van der Waals surface area contributed by atoms with Crippen LogP contribution in [0.25, 0.3) is 0 Å². The van der Waals surface area contributed by atoms with E-state index in [0.717, 1.165) is 17.7 Å². The van der Waals surface area contributed by atoms with Crippen LogP contribution in [-0.4, -0.2) is 24.5 Å². The smallest absolute Gasteiger partial charge is 0.124 e. The molecule has 98 valence electrons. The van der Waals surface area contributed by atoms with E-state index in [4.69, 9.17) is 10.5 Å². The Morgan fingerprint density at radius 2 is 2.44 bits per heavy atom. The fraction of sp³-hybridized carbons (Fsp3) is 0.385. The first kappa shape index (κ1) is 12.9. The molecular weight excluding hydrogens is 235 g/mol. The van der Waals surface area contributed by atoms with Crippen LogP contribution in [0, 0.1) is 0 Å². The molecule has 1 aromatic carbocycles. The predicted octanol–water partition coefficient (Wildman–Crippen LogP) is 1.55. The number of aryl methyl sites for hydroxylation is 1. The fourth-order valence-electron chi connectivity index (χ4n) is 1.85. The summed E-state index contributed by atoms with van der Waals surface area (Å²) in [5, 5.41) is 12.5. The number of fused-ring (bicyclic) bond motifs is 1. The van der Waals surface area contributed by atoms with Crippen molar-refractivity contribution in [3.8, 4) is 5.75 Å². The molecule has 0 saturated carbocycles. The molecule has 18 heavy (non-hydrogen) atoms. The molecule has 1 heterocycles. The van der Waals surface area contributed by atoms with Crippen molar-refractivity contribution in [2.75, 3.05) is 18.5 Å². The van der Waals surface area contributed by atoms with Gasteiger partial charge in [0.15, 0.2) is 0 Å². The first-order chi connectivity index (χ1) is 8.72. The molecule has 1 aliphatic heterocycles. The summed E-state index contributed by atoms with van der Waals surface area (Å²) in [5.41, 5.74) is 7.76. The van der Waals surface area contributed by atoms with Crippen LogP contribution in [0.3, 0.4) is 0 Å². The third-order valence-corrected chi connectivity index (χ3v) is 2.93. The number of benzene rings is 1. The minimum absolute atomic E-state index is 0.133. The van der Waals surface area contributed by atoms with Crippen molar-refractivity contribution in [3.63, 3.8) is 0 Å². The third kappa shape index (κ3) is 3.00. The van der Waals surface area contributed by atoms with Crippen molar-refractivity contribution in [3.05, 3.63) is 35.7 Å². The average Bonchev–Trinajstić information content (AvgIpc) is 2.39. The molecule has 0 saturated heterocycles. The molecule has 0 spiro atoms. The van der Waals surface area contributed by atoms with Gasteiger partial charge in [-0.25, -0.2) is 4.39 Å². The van der Waals surface area contributed by atoms with E-state index in [-0.39, 0.29) is 13.2 Å². The van der Waals surface area contributed by atoms with Gasteiger partial charge in [0, 0.05) is 23.9 Å². The fourth-order valence-corrected chi connectivity index (χ4v) is 1.85.